The zero-order chi connectivity index (χ0) is 29.7. The van der Waals surface area contributed by atoms with E-state index in [2.05, 4.69) is 51.7 Å². The number of aryl methyl sites for hydroxylation is 1. The van der Waals surface area contributed by atoms with Gasteiger partial charge in [0.05, 0.1) is 0 Å². The molecular weight excluding hydrogens is 679 g/mol. The fourth-order valence-electron chi connectivity index (χ4n) is 4.18. The van der Waals surface area contributed by atoms with Gasteiger partial charge in [-0.05, 0) is 42.0 Å². The predicted molar refractivity (Wildman–Crippen MR) is 173 cm³/mol. The minimum Gasteiger partial charge on any atom is -0.674 e. The smallest absolute Gasteiger partial charge is 0.104 e. The van der Waals surface area contributed by atoms with Crippen molar-refractivity contribution >= 4 is 5.69 Å². The minimum absolute atomic E-state index is 0. The number of aromatic hydroxyl groups is 1. The Kier molecular flexibility index (Phi) is 14.1. The molecule has 0 aliphatic rings. The van der Waals surface area contributed by atoms with E-state index >= 15 is 0 Å². The van der Waals surface area contributed by atoms with Gasteiger partial charge in [-0.2, -0.15) is 49.2 Å². The Morgan fingerprint density at radius 2 is 1.24 bits per heavy atom. The standard InChI is InChI=1S/C24H27N2O.2C7H7.Hf/c1-17-14-19(24(2,3)4)23(27)22(15-17)26-21(20-12-8-9-13-25-20)16-18-10-6-5-7-11-18;2*1-7-5-3-2-4-6-7;/h5-15,21,27H,16H2,1-4H3;2*2-6H,1H2;/q3*-1;. The molecule has 0 fully saturated rings. The Morgan fingerprint density at radius 1 is 0.738 bits per heavy atom. The fourth-order valence-corrected chi connectivity index (χ4v) is 4.18. The number of aromatic nitrogens is 1. The van der Waals surface area contributed by atoms with Gasteiger partial charge in [0.15, 0.2) is 0 Å². The molecule has 0 aliphatic heterocycles. The van der Waals surface area contributed by atoms with E-state index in [0.717, 1.165) is 34.4 Å². The number of nitrogens with zero attached hydrogens (tertiary/aromatic N) is 2. The van der Waals surface area contributed by atoms with Crippen LogP contribution in [-0.4, -0.2) is 10.1 Å². The van der Waals surface area contributed by atoms with E-state index in [-0.39, 0.29) is 43.0 Å². The maximum Gasteiger partial charge on any atom is 0.104 e. The average Bonchev–Trinajstić information content (AvgIpc) is 2.96. The third kappa shape index (κ3) is 11.6. The van der Waals surface area contributed by atoms with Gasteiger partial charge in [-0.1, -0.05) is 98.7 Å². The second kappa shape index (κ2) is 17.3. The van der Waals surface area contributed by atoms with Crippen molar-refractivity contribution < 1.29 is 30.9 Å². The number of benzene rings is 4. The molecule has 1 atom stereocenters. The molecule has 0 saturated carbocycles. The molecule has 4 heteroatoms. The van der Waals surface area contributed by atoms with Crippen LogP contribution in [0.1, 0.15) is 60.3 Å². The summed E-state index contributed by atoms with van der Waals surface area (Å²) in [5.74, 6) is 0.266. The summed E-state index contributed by atoms with van der Waals surface area (Å²) in [6.07, 6.45) is 2.52. The van der Waals surface area contributed by atoms with Crippen LogP contribution in [0.25, 0.3) is 5.32 Å². The molecule has 1 unspecified atom stereocenters. The zero-order valence-corrected chi connectivity index (χ0v) is 28.8. The molecule has 5 aromatic rings. The molecule has 0 saturated heterocycles. The van der Waals surface area contributed by atoms with Gasteiger partial charge in [0, 0.05) is 37.7 Å². The molecule has 3 nitrogen and oxygen atoms in total. The van der Waals surface area contributed by atoms with Gasteiger partial charge >= 0.3 is 0 Å². The summed E-state index contributed by atoms with van der Waals surface area (Å²) in [5, 5.41) is 15.8. The van der Waals surface area contributed by atoms with E-state index in [1.165, 1.54) is 5.56 Å². The number of hydrogen-bond acceptors (Lipinski definition) is 2. The molecule has 0 bridgehead atoms. The van der Waals surface area contributed by atoms with Crippen molar-refractivity contribution in [2.24, 2.45) is 0 Å². The normalized spacial score (nSPS) is 11.0. The minimum atomic E-state index is -0.158. The van der Waals surface area contributed by atoms with Crippen molar-refractivity contribution in [1.29, 1.82) is 0 Å². The van der Waals surface area contributed by atoms with Gasteiger partial charge in [0.2, 0.25) is 0 Å². The molecule has 5 rings (SSSR count). The SMILES string of the molecule is Cc1cc([N-]C(Cc2ccccc2)c2ccccn2)c(O)c(C(C)(C)C)c1.[CH2-]c1ccccc1.[CH2-]c1ccccc1.[Hf]. The first kappa shape index (κ1) is 34.4. The molecule has 1 heterocycles. The van der Waals surface area contributed by atoms with Crippen LogP contribution in [0.4, 0.5) is 5.69 Å². The van der Waals surface area contributed by atoms with Gasteiger partial charge in [0.25, 0.3) is 0 Å². The molecule has 1 N–H and O–H groups in total. The Bertz CT molecular complexity index is 1400. The number of hydrogen-bond donors (Lipinski definition) is 1. The third-order valence-corrected chi connectivity index (χ3v) is 6.32. The molecule has 42 heavy (non-hydrogen) atoms. The predicted octanol–water partition coefficient (Wildman–Crippen LogP) is 10.1. The summed E-state index contributed by atoms with van der Waals surface area (Å²) in [6, 6.07) is 39.7. The van der Waals surface area contributed by atoms with Crippen molar-refractivity contribution in [3.8, 4) is 5.75 Å². The topological polar surface area (TPSA) is 47.2 Å². The molecule has 0 radical (unpaired) electrons. The van der Waals surface area contributed by atoms with Gasteiger partial charge in [-0.3, -0.25) is 4.98 Å². The van der Waals surface area contributed by atoms with Crippen LogP contribution >= 0.6 is 0 Å². The number of phenolic OH excluding ortho intramolecular Hbond substituents is 1. The molecule has 0 aliphatic carbocycles. The summed E-state index contributed by atoms with van der Waals surface area (Å²) < 4.78 is 0. The van der Waals surface area contributed by atoms with E-state index in [9.17, 15) is 5.11 Å². The maximum absolute atomic E-state index is 10.9. The average molecular weight is 720 g/mol. The molecule has 1 aromatic heterocycles. The molecular formula is C38H41HfN2O-3. The molecule has 0 spiro atoms. The van der Waals surface area contributed by atoms with E-state index in [1.807, 2.05) is 116 Å². The number of phenols is 1. The second-order valence-electron chi connectivity index (χ2n) is 11.0. The van der Waals surface area contributed by atoms with Crippen molar-refractivity contribution in [2.45, 2.75) is 45.6 Å². The molecule has 0 amide bonds. The Hall–Kier alpha value is -3.76. The zero-order valence-electron chi connectivity index (χ0n) is 25.2. The summed E-state index contributed by atoms with van der Waals surface area (Å²) >= 11 is 0. The first-order valence-corrected chi connectivity index (χ1v) is 13.9. The first-order valence-electron chi connectivity index (χ1n) is 13.9. The monoisotopic (exact) mass is 721 g/mol. The van der Waals surface area contributed by atoms with Crippen molar-refractivity contribution in [3.05, 3.63) is 180 Å². The summed E-state index contributed by atoms with van der Waals surface area (Å²) in [5.41, 5.74) is 6.73. The number of rotatable bonds is 5. The van der Waals surface area contributed by atoms with E-state index in [1.54, 1.807) is 6.20 Å². The second-order valence-corrected chi connectivity index (χ2v) is 11.0. The summed E-state index contributed by atoms with van der Waals surface area (Å²) in [6.45, 7) is 15.8. The van der Waals surface area contributed by atoms with Crippen LogP contribution in [0, 0.1) is 20.8 Å². The van der Waals surface area contributed by atoms with Crippen molar-refractivity contribution in [2.75, 3.05) is 0 Å². The van der Waals surface area contributed by atoms with Crippen LogP contribution < -0.4 is 0 Å². The number of pyridine rings is 1. The Labute approximate surface area is 271 Å². The largest absolute Gasteiger partial charge is 0.674 e. The molecule has 4 aromatic carbocycles. The summed E-state index contributed by atoms with van der Waals surface area (Å²) in [4.78, 5) is 4.52. The maximum atomic E-state index is 10.9. The van der Waals surface area contributed by atoms with E-state index in [0.29, 0.717) is 5.69 Å². The third-order valence-electron chi connectivity index (χ3n) is 6.32. The Balaban J connectivity index is 0.000000334. The van der Waals surface area contributed by atoms with Gasteiger partial charge in [0.1, 0.15) is 5.75 Å². The van der Waals surface area contributed by atoms with Gasteiger partial charge in [-0.25, -0.2) is 0 Å². The summed E-state index contributed by atoms with van der Waals surface area (Å²) in [7, 11) is 0. The van der Waals surface area contributed by atoms with Crippen LogP contribution in [0.2, 0.25) is 0 Å². The van der Waals surface area contributed by atoms with E-state index < -0.39 is 0 Å². The van der Waals surface area contributed by atoms with Crippen LogP contribution in [0.5, 0.6) is 5.75 Å². The van der Waals surface area contributed by atoms with E-state index in [4.69, 9.17) is 5.32 Å². The molecule has 216 valence electrons. The Morgan fingerprint density at radius 3 is 1.67 bits per heavy atom. The van der Waals surface area contributed by atoms with Crippen molar-refractivity contribution in [3.63, 3.8) is 0 Å². The first-order chi connectivity index (χ1) is 19.6. The van der Waals surface area contributed by atoms with Crippen LogP contribution in [0.3, 0.4) is 0 Å². The quantitative estimate of drug-likeness (QED) is 0.145. The van der Waals surface area contributed by atoms with Crippen LogP contribution in [0.15, 0.2) is 128 Å². The van der Waals surface area contributed by atoms with Crippen molar-refractivity contribution in [1.82, 2.24) is 4.98 Å². The fraction of sp³-hybridized carbons (Fsp3) is 0.184. The van der Waals surface area contributed by atoms with Crippen LogP contribution in [-0.2, 0) is 37.7 Å². The van der Waals surface area contributed by atoms with Gasteiger partial charge < -0.3 is 10.4 Å². The van der Waals surface area contributed by atoms with Gasteiger partial charge in [-0.15, -0.1) is 24.3 Å².